The number of H-pyrrole nitrogens is 1. The lowest BCUT2D eigenvalue weighted by atomic mass is 9.86. The molecule has 0 aliphatic heterocycles. The van der Waals surface area contributed by atoms with E-state index in [2.05, 4.69) is 49.6 Å². The Bertz CT molecular complexity index is 1330. The van der Waals surface area contributed by atoms with E-state index >= 15 is 0 Å². The van der Waals surface area contributed by atoms with Gasteiger partial charge in [-0.3, -0.25) is 4.68 Å². The second kappa shape index (κ2) is 9.90. The number of hydrogen-bond acceptors (Lipinski definition) is 5. The molecule has 1 aliphatic carbocycles. The zero-order valence-electron chi connectivity index (χ0n) is 21.3. The van der Waals surface area contributed by atoms with Crippen LogP contribution in [0.1, 0.15) is 64.6 Å². The third-order valence-electron chi connectivity index (χ3n) is 5.86. The Hall–Kier alpha value is -3.68. The lowest BCUT2D eigenvalue weighted by molar-refractivity contribution is 0.0498. The van der Waals surface area contributed by atoms with Crippen molar-refractivity contribution in [3.05, 3.63) is 54.1 Å². The highest BCUT2D eigenvalue weighted by Crippen LogP contribution is 2.35. The zero-order valence-corrected chi connectivity index (χ0v) is 21.3. The first kappa shape index (κ1) is 24.4. The van der Waals surface area contributed by atoms with Crippen molar-refractivity contribution in [3.8, 4) is 22.5 Å². The van der Waals surface area contributed by atoms with Crippen LogP contribution in [0.15, 0.2) is 43.0 Å². The second-order valence-corrected chi connectivity index (χ2v) is 9.57. The molecular weight excluding hydrogens is 440 g/mol. The molecule has 3 heterocycles. The number of ether oxygens (including phenoxy) is 1. The van der Waals surface area contributed by atoms with E-state index in [-0.39, 0.29) is 12.1 Å². The van der Waals surface area contributed by atoms with E-state index in [1.807, 2.05) is 54.1 Å². The standard InChI is InChI=1S/C25H28N6O2.C2H6/c1-25(2,3)33-24(32)30-20-7-5-6-15-10-16(8-9-18(15)20)22-19-11-21(17-12-28-31(4)13-17)29-23(19)27-14-26-22;1-2/h8-14,20H,5-7H2,1-4H3,(H,30,32)(H,26,27,29);1-2H3. The number of fused-ring (bicyclic) bond motifs is 2. The first-order valence-electron chi connectivity index (χ1n) is 12.2. The van der Waals surface area contributed by atoms with Crippen molar-refractivity contribution >= 4 is 17.1 Å². The lowest BCUT2D eigenvalue weighted by Crippen LogP contribution is -2.36. The number of nitrogens with one attached hydrogen (secondary N) is 2. The number of alkyl carbamates (subject to hydrolysis) is 1. The highest BCUT2D eigenvalue weighted by atomic mass is 16.6. The molecule has 0 bridgehead atoms. The van der Waals surface area contributed by atoms with Gasteiger partial charge in [0.15, 0.2) is 0 Å². The number of aromatic amines is 1. The van der Waals surface area contributed by atoms with Crippen LogP contribution in [0.3, 0.4) is 0 Å². The number of benzene rings is 1. The van der Waals surface area contributed by atoms with Crippen LogP contribution in [0, 0.1) is 0 Å². The van der Waals surface area contributed by atoms with Gasteiger partial charge in [-0.05, 0) is 63.3 Å². The van der Waals surface area contributed by atoms with Gasteiger partial charge in [0, 0.05) is 29.8 Å². The Kier molecular flexibility index (Phi) is 6.91. The molecule has 8 nitrogen and oxygen atoms in total. The average Bonchev–Trinajstić information content (AvgIpc) is 3.45. The fourth-order valence-corrected chi connectivity index (χ4v) is 4.45. The molecule has 35 heavy (non-hydrogen) atoms. The molecule has 1 atom stereocenters. The predicted octanol–water partition coefficient (Wildman–Crippen LogP) is 5.95. The Morgan fingerprint density at radius 1 is 1.17 bits per heavy atom. The van der Waals surface area contributed by atoms with E-state index in [0.29, 0.717) is 0 Å². The molecule has 0 saturated carbocycles. The molecule has 0 fully saturated rings. The van der Waals surface area contributed by atoms with Crippen LogP contribution in [0.25, 0.3) is 33.5 Å². The normalized spacial score (nSPS) is 15.2. The Morgan fingerprint density at radius 3 is 2.69 bits per heavy atom. The highest BCUT2D eigenvalue weighted by Gasteiger charge is 2.25. The topological polar surface area (TPSA) is 97.7 Å². The summed E-state index contributed by atoms with van der Waals surface area (Å²) in [5.74, 6) is 0. The van der Waals surface area contributed by atoms with E-state index in [1.54, 1.807) is 11.0 Å². The maximum Gasteiger partial charge on any atom is 0.408 e. The molecule has 184 valence electrons. The number of hydrogen-bond donors (Lipinski definition) is 2. The average molecular weight is 475 g/mol. The van der Waals surface area contributed by atoms with Crippen molar-refractivity contribution in [2.75, 3.05) is 0 Å². The van der Waals surface area contributed by atoms with Crippen molar-refractivity contribution < 1.29 is 9.53 Å². The summed E-state index contributed by atoms with van der Waals surface area (Å²) < 4.78 is 7.24. The van der Waals surface area contributed by atoms with Crippen LogP contribution in [0.4, 0.5) is 4.79 Å². The van der Waals surface area contributed by atoms with Gasteiger partial charge in [0.2, 0.25) is 0 Å². The molecule has 1 aliphatic rings. The second-order valence-electron chi connectivity index (χ2n) is 9.57. The van der Waals surface area contributed by atoms with Crippen molar-refractivity contribution in [3.63, 3.8) is 0 Å². The summed E-state index contributed by atoms with van der Waals surface area (Å²) >= 11 is 0. The molecule has 0 saturated heterocycles. The van der Waals surface area contributed by atoms with E-state index in [4.69, 9.17) is 4.74 Å². The van der Waals surface area contributed by atoms with Gasteiger partial charge in [-0.2, -0.15) is 5.10 Å². The van der Waals surface area contributed by atoms with Crippen LogP contribution < -0.4 is 5.32 Å². The van der Waals surface area contributed by atoms with Crippen LogP contribution >= 0.6 is 0 Å². The summed E-state index contributed by atoms with van der Waals surface area (Å²) in [6.45, 7) is 9.62. The molecule has 0 spiro atoms. The Balaban J connectivity index is 0.00000141. The monoisotopic (exact) mass is 474 g/mol. The number of rotatable bonds is 3. The molecule has 3 aromatic heterocycles. The van der Waals surface area contributed by atoms with Crippen molar-refractivity contribution in [2.45, 2.75) is 65.5 Å². The fraction of sp³-hybridized carbons (Fsp3) is 0.407. The summed E-state index contributed by atoms with van der Waals surface area (Å²) in [4.78, 5) is 24.7. The summed E-state index contributed by atoms with van der Waals surface area (Å²) in [5.41, 5.74) is 6.53. The van der Waals surface area contributed by atoms with Crippen LogP contribution in [-0.4, -0.2) is 36.4 Å². The molecule has 1 amide bonds. The molecule has 4 aromatic rings. The van der Waals surface area contributed by atoms with Gasteiger partial charge >= 0.3 is 6.09 Å². The summed E-state index contributed by atoms with van der Waals surface area (Å²) in [6, 6.07) is 8.40. The SMILES string of the molecule is CC.Cn1cc(-c2cc3c(-c4ccc5c(c4)CCCC5NC(=O)OC(C)(C)C)ncnc3[nH]2)cn1. The third kappa shape index (κ3) is 5.37. The molecule has 5 rings (SSSR count). The number of nitrogens with zero attached hydrogens (tertiary/aromatic N) is 4. The van der Waals surface area contributed by atoms with Crippen molar-refractivity contribution in [1.82, 2.24) is 30.0 Å². The number of amides is 1. The molecule has 1 aromatic carbocycles. The number of carbonyl (C=O) groups excluding carboxylic acids is 1. The van der Waals surface area contributed by atoms with E-state index in [0.717, 1.165) is 58.4 Å². The van der Waals surface area contributed by atoms with Gasteiger partial charge in [-0.15, -0.1) is 0 Å². The van der Waals surface area contributed by atoms with Crippen LogP contribution in [0.2, 0.25) is 0 Å². The Morgan fingerprint density at radius 2 is 1.97 bits per heavy atom. The van der Waals surface area contributed by atoms with Crippen LogP contribution in [-0.2, 0) is 18.2 Å². The smallest absolute Gasteiger partial charge is 0.408 e. The molecule has 1 unspecified atom stereocenters. The number of carbonyl (C=O) groups is 1. The maximum atomic E-state index is 12.3. The van der Waals surface area contributed by atoms with Gasteiger partial charge < -0.3 is 15.0 Å². The largest absolute Gasteiger partial charge is 0.444 e. The summed E-state index contributed by atoms with van der Waals surface area (Å²) in [7, 11) is 1.90. The third-order valence-corrected chi connectivity index (χ3v) is 5.86. The van der Waals surface area contributed by atoms with Crippen LogP contribution in [0.5, 0.6) is 0 Å². The van der Waals surface area contributed by atoms with E-state index in [9.17, 15) is 4.79 Å². The van der Waals surface area contributed by atoms with Gasteiger partial charge in [-0.1, -0.05) is 26.0 Å². The quantitative estimate of drug-likeness (QED) is 0.382. The minimum atomic E-state index is -0.519. The Labute approximate surface area is 206 Å². The van der Waals surface area contributed by atoms with Gasteiger partial charge in [0.05, 0.1) is 23.6 Å². The van der Waals surface area contributed by atoms with Crippen molar-refractivity contribution in [2.24, 2.45) is 7.05 Å². The predicted molar refractivity (Wildman–Crippen MR) is 138 cm³/mol. The maximum absolute atomic E-state index is 12.3. The van der Waals surface area contributed by atoms with E-state index in [1.165, 1.54) is 5.56 Å². The highest BCUT2D eigenvalue weighted by molar-refractivity contribution is 5.94. The minimum absolute atomic E-state index is 0.0486. The summed E-state index contributed by atoms with van der Waals surface area (Å²) in [6.07, 6.45) is 7.88. The van der Waals surface area contributed by atoms with E-state index < -0.39 is 5.60 Å². The van der Waals surface area contributed by atoms with Crippen molar-refractivity contribution in [1.29, 1.82) is 0 Å². The van der Waals surface area contributed by atoms with Gasteiger partial charge in [0.1, 0.15) is 17.6 Å². The molecule has 2 N–H and O–H groups in total. The number of aryl methyl sites for hydroxylation is 2. The van der Waals surface area contributed by atoms with Gasteiger partial charge in [0.25, 0.3) is 0 Å². The summed E-state index contributed by atoms with van der Waals surface area (Å²) in [5, 5.41) is 8.27. The first-order valence-corrected chi connectivity index (χ1v) is 12.2. The molecule has 8 heteroatoms. The molecule has 0 radical (unpaired) electrons. The minimum Gasteiger partial charge on any atom is -0.444 e. The number of aromatic nitrogens is 5. The molecular formula is C27H34N6O2. The first-order chi connectivity index (χ1) is 16.8. The van der Waals surface area contributed by atoms with Gasteiger partial charge in [-0.25, -0.2) is 14.8 Å². The lowest BCUT2D eigenvalue weighted by Gasteiger charge is -2.28. The zero-order chi connectivity index (χ0) is 25.2. The fourth-order valence-electron chi connectivity index (χ4n) is 4.45.